The number of nitrogens with two attached hydrogens (primary N) is 1. The van der Waals surface area contributed by atoms with Crippen LogP contribution in [0, 0.1) is 0 Å². The van der Waals surface area contributed by atoms with Crippen LogP contribution in [0.25, 0.3) is 0 Å². The van der Waals surface area contributed by atoms with Crippen LogP contribution < -0.4 is 11.3 Å². The molecule has 9 heteroatoms. The summed E-state index contributed by atoms with van der Waals surface area (Å²) in [5.74, 6) is 4.47. The fourth-order valence-corrected chi connectivity index (χ4v) is 3.84. The average molecular weight is 433 g/mol. The maximum atomic E-state index is 12.9. The van der Waals surface area contributed by atoms with Gasteiger partial charge in [-0.25, -0.2) is 14.3 Å². The Balaban J connectivity index is 2.39. The molecule has 2 rings (SSSR count). The number of benzene rings is 2. The summed E-state index contributed by atoms with van der Waals surface area (Å²) in [4.78, 5) is 11.7. The van der Waals surface area contributed by atoms with E-state index in [-0.39, 0.29) is 11.4 Å². The van der Waals surface area contributed by atoms with Crippen molar-refractivity contribution in [1.82, 2.24) is 9.73 Å². The van der Waals surface area contributed by atoms with Gasteiger partial charge in [0.2, 0.25) is 15.9 Å². The molecule has 0 aliphatic rings. The Labute approximate surface area is 153 Å². The first-order valence-corrected chi connectivity index (χ1v) is 9.44. The molecule has 0 atom stereocenters. The van der Waals surface area contributed by atoms with E-state index in [9.17, 15) is 13.2 Å². The number of hydrazine groups is 1. The summed E-state index contributed by atoms with van der Waals surface area (Å²) in [6.07, 6.45) is 0. The maximum absolute atomic E-state index is 12.9. The first-order valence-electron chi connectivity index (χ1n) is 6.83. The summed E-state index contributed by atoms with van der Waals surface area (Å²) in [5.41, 5.74) is 2.53. The van der Waals surface area contributed by atoms with Crippen molar-refractivity contribution < 1.29 is 13.2 Å². The van der Waals surface area contributed by atoms with E-state index in [4.69, 9.17) is 17.4 Å². The van der Waals surface area contributed by atoms with Crippen LogP contribution in [-0.4, -0.2) is 25.2 Å². The molecule has 2 aromatic rings. The van der Waals surface area contributed by atoms with Gasteiger partial charge in [0, 0.05) is 16.0 Å². The second-order valence-electron chi connectivity index (χ2n) is 4.89. The van der Waals surface area contributed by atoms with E-state index in [2.05, 4.69) is 15.9 Å². The fourth-order valence-electron chi connectivity index (χ4n) is 2.00. The van der Waals surface area contributed by atoms with Crippen LogP contribution in [0.1, 0.15) is 5.56 Å². The third kappa shape index (κ3) is 4.55. The summed E-state index contributed by atoms with van der Waals surface area (Å²) in [5, 5.41) is 0.418. The Hall–Kier alpha value is -1.45. The van der Waals surface area contributed by atoms with Gasteiger partial charge in [0.05, 0.1) is 11.4 Å². The third-order valence-electron chi connectivity index (χ3n) is 3.24. The number of carbonyl (C=O) groups is 1. The molecule has 0 spiro atoms. The molecule has 2 aromatic carbocycles. The molecule has 0 radical (unpaired) electrons. The molecule has 24 heavy (non-hydrogen) atoms. The molecule has 0 unspecified atom stereocenters. The zero-order chi connectivity index (χ0) is 17.7. The fraction of sp³-hybridized carbons (Fsp3) is 0.133. The van der Waals surface area contributed by atoms with Crippen LogP contribution in [-0.2, 0) is 21.4 Å². The van der Waals surface area contributed by atoms with E-state index in [1.807, 2.05) is 5.43 Å². The number of halogens is 2. The Morgan fingerprint density at radius 1 is 1.17 bits per heavy atom. The maximum Gasteiger partial charge on any atom is 0.249 e. The SMILES string of the molecule is NNC(=O)CN(Cc1ccccc1Cl)S(=O)(=O)c1ccc(Br)cc1. The molecule has 0 saturated carbocycles. The second kappa shape index (κ2) is 8.09. The Kier molecular flexibility index (Phi) is 6.36. The first-order chi connectivity index (χ1) is 11.3. The van der Waals surface area contributed by atoms with Crippen LogP contribution in [0.3, 0.4) is 0 Å². The van der Waals surface area contributed by atoms with E-state index in [0.717, 1.165) is 8.78 Å². The molecule has 128 valence electrons. The van der Waals surface area contributed by atoms with Gasteiger partial charge >= 0.3 is 0 Å². The second-order valence-corrected chi connectivity index (χ2v) is 8.15. The molecular formula is C15H15BrClN3O3S. The number of hydrogen-bond donors (Lipinski definition) is 2. The van der Waals surface area contributed by atoms with Crippen molar-refractivity contribution in [3.63, 3.8) is 0 Å². The van der Waals surface area contributed by atoms with E-state index in [1.54, 1.807) is 36.4 Å². The van der Waals surface area contributed by atoms with E-state index in [0.29, 0.717) is 10.6 Å². The zero-order valence-corrected chi connectivity index (χ0v) is 15.6. The molecule has 1 amide bonds. The van der Waals surface area contributed by atoms with Crippen molar-refractivity contribution in [2.75, 3.05) is 6.54 Å². The number of nitrogens with zero attached hydrogens (tertiary/aromatic N) is 1. The van der Waals surface area contributed by atoms with Crippen LogP contribution in [0.15, 0.2) is 57.9 Å². The molecule has 6 nitrogen and oxygen atoms in total. The molecule has 0 bridgehead atoms. The number of hydrogen-bond acceptors (Lipinski definition) is 4. The predicted octanol–water partition coefficient (Wildman–Crippen LogP) is 2.28. The lowest BCUT2D eigenvalue weighted by atomic mass is 10.2. The number of carbonyl (C=O) groups excluding carboxylic acids is 1. The van der Waals surface area contributed by atoms with E-state index >= 15 is 0 Å². The topological polar surface area (TPSA) is 92.5 Å². The number of rotatable bonds is 6. The van der Waals surface area contributed by atoms with Gasteiger partial charge in [-0.3, -0.25) is 10.2 Å². The van der Waals surface area contributed by atoms with Crippen molar-refractivity contribution >= 4 is 43.5 Å². The molecule has 0 aromatic heterocycles. The third-order valence-corrected chi connectivity index (χ3v) is 5.94. The van der Waals surface area contributed by atoms with Gasteiger partial charge in [0.15, 0.2) is 0 Å². The van der Waals surface area contributed by atoms with Crippen molar-refractivity contribution in [3.8, 4) is 0 Å². The smallest absolute Gasteiger partial charge is 0.249 e. The summed E-state index contributed by atoms with van der Waals surface area (Å²) in [6, 6.07) is 13.0. The van der Waals surface area contributed by atoms with Gasteiger partial charge in [-0.1, -0.05) is 45.7 Å². The van der Waals surface area contributed by atoms with Crippen LogP contribution in [0.4, 0.5) is 0 Å². The van der Waals surface area contributed by atoms with E-state index < -0.39 is 22.5 Å². The Morgan fingerprint density at radius 3 is 2.38 bits per heavy atom. The normalized spacial score (nSPS) is 11.5. The lowest BCUT2D eigenvalue weighted by molar-refractivity contribution is -0.121. The Bertz CT molecular complexity index is 828. The van der Waals surface area contributed by atoms with Gasteiger partial charge in [-0.2, -0.15) is 4.31 Å². The standard InChI is InChI=1S/C15H15BrClN3O3S/c16-12-5-7-13(8-6-12)24(22,23)20(10-15(21)19-18)9-11-3-1-2-4-14(11)17/h1-8H,9-10,18H2,(H,19,21). The highest BCUT2D eigenvalue weighted by Gasteiger charge is 2.27. The highest BCUT2D eigenvalue weighted by atomic mass is 79.9. The van der Waals surface area contributed by atoms with Crippen molar-refractivity contribution in [2.45, 2.75) is 11.4 Å². The Morgan fingerprint density at radius 2 is 1.79 bits per heavy atom. The van der Waals surface area contributed by atoms with E-state index in [1.165, 1.54) is 12.1 Å². The molecule has 0 heterocycles. The first kappa shape index (κ1) is 18.9. The molecule has 3 N–H and O–H groups in total. The van der Waals surface area contributed by atoms with Crippen molar-refractivity contribution in [2.24, 2.45) is 5.84 Å². The van der Waals surface area contributed by atoms with Crippen LogP contribution >= 0.6 is 27.5 Å². The largest absolute Gasteiger partial charge is 0.293 e. The monoisotopic (exact) mass is 431 g/mol. The molecule has 0 aliphatic carbocycles. The lowest BCUT2D eigenvalue weighted by Crippen LogP contribution is -2.42. The predicted molar refractivity (Wildman–Crippen MR) is 95.5 cm³/mol. The minimum atomic E-state index is -3.90. The van der Waals surface area contributed by atoms with Gasteiger partial charge in [0.25, 0.3) is 0 Å². The highest BCUT2D eigenvalue weighted by Crippen LogP contribution is 2.23. The van der Waals surface area contributed by atoms with Crippen LogP contribution in [0.2, 0.25) is 5.02 Å². The zero-order valence-electron chi connectivity index (χ0n) is 12.4. The number of amides is 1. The van der Waals surface area contributed by atoms with Crippen molar-refractivity contribution in [1.29, 1.82) is 0 Å². The average Bonchev–Trinajstić information content (AvgIpc) is 2.56. The molecule has 0 aliphatic heterocycles. The number of sulfonamides is 1. The lowest BCUT2D eigenvalue weighted by Gasteiger charge is -2.22. The molecule has 0 fully saturated rings. The van der Waals surface area contributed by atoms with Crippen molar-refractivity contribution in [3.05, 3.63) is 63.6 Å². The molecule has 0 saturated heterocycles. The van der Waals surface area contributed by atoms with Crippen LogP contribution in [0.5, 0.6) is 0 Å². The number of nitrogens with one attached hydrogen (secondary N) is 1. The van der Waals surface area contributed by atoms with Gasteiger partial charge in [0.1, 0.15) is 0 Å². The summed E-state index contributed by atoms with van der Waals surface area (Å²) in [6.45, 7) is -0.467. The highest BCUT2D eigenvalue weighted by molar-refractivity contribution is 9.10. The summed E-state index contributed by atoms with van der Waals surface area (Å²) in [7, 11) is -3.90. The minimum absolute atomic E-state index is 0.0501. The van der Waals surface area contributed by atoms with Gasteiger partial charge in [-0.05, 0) is 35.9 Å². The summed E-state index contributed by atoms with van der Waals surface area (Å²) < 4.78 is 27.5. The van der Waals surface area contributed by atoms with Gasteiger partial charge < -0.3 is 0 Å². The van der Waals surface area contributed by atoms with Gasteiger partial charge in [-0.15, -0.1) is 0 Å². The summed E-state index contributed by atoms with van der Waals surface area (Å²) >= 11 is 9.36. The minimum Gasteiger partial charge on any atom is -0.293 e. The quantitative estimate of drug-likeness (QED) is 0.416. The molecular weight excluding hydrogens is 418 g/mol.